The summed E-state index contributed by atoms with van der Waals surface area (Å²) >= 11 is 1.43. The van der Waals surface area contributed by atoms with E-state index in [2.05, 4.69) is 25.9 Å². The average molecular weight is 552 g/mol. The van der Waals surface area contributed by atoms with Crippen LogP contribution in [0.4, 0.5) is 0 Å². The summed E-state index contributed by atoms with van der Waals surface area (Å²) < 4.78 is 5.38. The normalized spacial score (nSPS) is 19.2. The Morgan fingerprint density at radius 1 is 1.03 bits per heavy atom. The Bertz CT molecular complexity index is 1330. The van der Waals surface area contributed by atoms with E-state index >= 15 is 0 Å². The lowest BCUT2D eigenvalue weighted by atomic mass is 9.96. The number of nitrogens with zero attached hydrogens (tertiary/aromatic N) is 5. The van der Waals surface area contributed by atoms with Crippen LogP contribution >= 0.6 is 11.3 Å². The molecular formula is C27H33N7O4S. The number of piperidine rings is 1. The third kappa shape index (κ3) is 5.87. The first kappa shape index (κ1) is 27.0. The summed E-state index contributed by atoms with van der Waals surface area (Å²) in [5.74, 6) is -0.120. The van der Waals surface area contributed by atoms with E-state index in [-0.39, 0.29) is 29.5 Å². The van der Waals surface area contributed by atoms with Gasteiger partial charge in [-0.25, -0.2) is 4.98 Å². The summed E-state index contributed by atoms with van der Waals surface area (Å²) in [6.45, 7) is 5.19. The monoisotopic (exact) mass is 551 g/mol. The van der Waals surface area contributed by atoms with E-state index in [0.29, 0.717) is 36.7 Å². The van der Waals surface area contributed by atoms with Gasteiger partial charge >= 0.3 is 0 Å². The van der Waals surface area contributed by atoms with Gasteiger partial charge < -0.3 is 14.3 Å². The molecule has 11 nitrogen and oxygen atoms in total. The van der Waals surface area contributed by atoms with E-state index in [1.54, 1.807) is 12.3 Å². The number of thiazole rings is 1. The molecule has 39 heavy (non-hydrogen) atoms. The zero-order chi connectivity index (χ0) is 27.5. The molecule has 3 amide bonds. The first-order valence-electron chi connectivity index (χ1n) is 13.1. The van der Waals surface area contributed by atoms with Gasteiger partial charge in [-0.15, -0.1) is 11.3 Å². The highest BCUT2D eigenvalue weighted by atomic mass is 32.1. The highest BCUT2D eigenvalue weighted by molar-refractivity contribution is 7.09. The second-order valence-electron chi connectivity index (χ2n) is 10.2. The fraction of sp³-hybridized carbons (Fsp3) is 0.444. The van der Waals surface area contributed by atoms with Gasteiger partial charge in [-0.2, -0.15) is 0 Å². The van der Waals surface area contributed by atoms with Gasteiger partial charge in [-0.1, -0.05) is 35.5 Å². The van der Waals surface area contributed by atoms with Gasteiger partial charge in [0.15, 0.2) is 0 Å². The predicted octanol–water partition coefficient (Wildman–Crippen LogP) is 2.13. The summed E-state index contributed by atoms with van der Waals surface area (Å²) in [5, 5.41) is 6.71. The summed E-state index contributed by atoms with van der Waals surface area (Å²) in [5.41, 5.74) is 7.22. The largest absolute Gasteiger partial charge is 0.360 e. The van der Waals surface area contributed by atoms with Gasteiger partial charge in [0, 0.05) is 49.6 Å². The van der Waals surface area contributed by atoms with Crippen LogP contribution in [0.15, 0.2) is 40.2 Å². The Balaban J connectivity index is 1.15. The summed E-state index contributed by atoms with van der Waals surface area (Å²) in [6, 6.07) is 9.23. The maximum atomic E-state index is 13.4. The molecule has 12 heteroatoms. The third-order valence-corrected chi connectivity index (χ3v) is 8.47. The van der Waals surface area contributed by atoms with Crippen LogP contribution in [0.2, 0.25) is 0 Å². The van der Waals surface area contributed by atoms with Crippen molar-refractivity contribution in [3.05, 3.63) is 57.7 Å². The Labute approximate surface area is 231 Å². The number of benzene rings is 1. The quantitative estimate of drug-likeness (QED) is 0.463. The first-order chi connectivity index (χ1) is 18.8. The molecule has 2 aliphatic heterocycles. The summed E-state index contributed by atoms with van der Waals surface area (Å²) in [6.07, 6.45) is 1.48. The van der Waals surface area contributed by atoms with Gasteiger partial charge in [0.2, 0.25) is 0 Å². The van der Waals surface area contributed by atoms with E-state index in [1.807, 2.05) is 54.2 Å². The smallest absolute Gasteiger partial charge is 0.289 e. The van der Waals surface area contributed by atoms with Gasteiger partial charge in [-0.3, -0.25) is 30.1 Å². The van der Waals surface area contributed by atoms with Crippen molar-refractivity contribution in [3.63, 3.8) is 0 Å². The van der Waals surface area contributed by atoms with Crippen molar-refractivity contribution in [2.75, 3.05) is 46.8 Å². The van der Waals surface area contributed by atoms with E-state index in [0.717, 1.165) is 36.5 Å². The number of aromatic nitrogens is 2. The molecule has 4 heterocycles. The number of likely N-dealkylation sites (N-methyl/N-ethyl adjacent to an activating group) is 2. The van der Waals surface area contributed by atoms with E-state index in [1.165, 1.54) is 11.3 Å². The number of rotatable bonds is 5. The second-order valence-corrected chi connectivity index (χ2v) is 11.1. The highest BCUT2D eigenvalue weighted by Gasteiger charge is 2.32. The number of piperazine rings is 1. The van der Waals surface area contributed by atoms with Gasteiger partial charge in [0.25, 0.3) is 17.7 Å². The van der Waals surface area contributed by atoms with Crippen LogP contribution in [0.5, 0.6) is 0 Å². The molecule has 2 aromatic heterocycles. The number of amides is 3. The molecule has 1 atom stereocenters. The van der Waals surface area contributed by atoms with Gasteiger partial charge in [0.1, 0.15) is 28.8 Å². The van der Waals surface area contributed by atoms with Crippen molar-refractivity contribution in [2.45, 2.75) is 31.7 Å². The Morgan fingerprint density at radius 2 is 1.77 bits per heavy atom. The standard InChI is InChI=1S/C27H33N7O4S/c1-17-22(23(31-38-17)18-7-5-4-6-8-18)27(37)34-11-9-19(10-12-34)26-28-20(16-39-26)24(35)29-30-25(36)21-15-32(2)13-14-33(21)3/h4-8,16,19,21H,9-15H2,1-3H3,(H,29,35)(H,30,36). The predicted molar refractivity (Wildman–Crippen MR) is 146 cm³/mol. The zero-order valence-corrected chi connectivity index (χ0v) is 23.2. The number of aryl methyl sites for hydroxylation is 1. The van der Waals surface area contributed by atoms with Crippen LogP contribution in [-0.2, 0) is 4.79 Å². The molecule has 2 aliphatic rings. The Kier molecular flexibility index (Phi) is 8.05. The molecule has 2 N–H and O–H groups in total. The number of nitrogens with one attached hydrogen (secondary N) is 2. The summed E-state index contributed by atoms with van der Waals surface area (Å²) in [7, 11) is 3.88. The molecule has 0 radical (unpaired) electrons. The molecule has 2 saturated heterocycles. The van der Waals surface area contributed by atoms with E-state index < -0.39 is 5.91 Å². The third-order valence-electron chi connectivity index (χ3n) is 7.46. The molecular weight excluding hydrogens is 518 g/mol. The molecule has 0 spiro atoms. The van der Waals surface area contributed by atoms with Crippen LogP contribution in [0.25, 0.3) is 11.3 Å². The second kappa shape index (κ2) is 11.6. The fourth-order valence-electron chi connectivity index (χ4n) is 5.04. The van der Waals surface area contributed by atoms with Crippen LogP contribution in [0.3, 0.4) is 0 Å². The number of hydrogen-bond donors (Lipinski definition) is 2. The zero-order valence-electron chi connectivity index (χ0n) is 22.3. The molecule has 0 saturated carbocycles. The molecule has 0 bridgehead atoms. The Morgan fingerprint density at radius 3 is 2.51 bits per heavy atom. The molecule has 1 aromatic carbocycles. The Hall–Kier alpha value is -3.61. The lowest BCUT2D eigenvalue weighted by Gasteiger charge is -2.36. The first-order valence-corrected chi connectivity index (χ1v) is 13.9. The van der Waals surface area contributed by atoms with Crippen molar-refractivity contribution < 1.29 is 18.9 Å². The van der Waals surface area contributed by atoms with E-state index in [4.69, 9.17) is 4.52 Å². The highest BCUT2D eigenvalue weighted by Crippen LogP contribution is 2.32. The van der Waals surface area contributed by atoms with Crippen molar-refractivity contribution in [3.8, 4) is 11.3 Å². The molecule has 3 aromatic rings. The van der Waals surface area contributed by atoms with Crippen LogP contribution in [-0.4, -0.2) is 95.4 Å². The lowest BCUT2D eigenvalue weighted by molar-refractivity contribution is -0.128. The molecule has 1 unspecified atom stereocenters. The summed E-state index contributed by atoms with van der Waals surface area (Å²) in [4.78, 5) is 49.1. The van der Waals surface area contributed by atoms with Crippen molar-refractivity contribution in [1.82, 2.24) is 35.7 Å². The van der Waals surface area contributed by atoms with Crippen molar-refractivity contribution in [1.29, 1.82) is 0 Å². The number of hydrogen-bond acceptors (Lipinski definition) is 9. The minimum atomic E-state index is -0.443. The van der Waals surface area contributed by atoms with Gasteiger partial charge in [0.05, 0.1) is 5.01 Å². The van der Waals surface area contributed by atoms with E-state index in [9.17, 15) is 14.4 Å². The minimum absolute atomic E-state index is 0.0872. The topological polar surface area (TPSA) is 124 Å². The number of likely N-dealkylation sites (tertiary alicyclic amines) is 1. The van der Waals surface area contributed by atoms with Crippen molar-refractivity contribution >= 4 is 29.1 Å². The van der Waals surface area contributed by atoms with Crippen molar-refractivity contribution in [2.24, 2.45) is 0 Å². The average Bonchev–Trinajstić information content (AvgIpc) is 3.60. The lowest BCUT2D eigenvalue weighted by Crippen LogP contribution is -2.59. The number of carbonyl (C=O) groups is 3. The number of hydrazine groups is 1. The van der Waals surface area contributed by atoms with Gasteiger partial charge in [-0.05, 0) is 33.9 Å². The minimum Gasteiger partial charge on any atom is -0.360 e. The number of carbonyl (C=O) groups excluding carboxylic acids is 3. The molecule has 2 fully saturated rings. The maximum Gasteiger partial charge on any atom is 0.289 e. The van der Waals surface area contributed by atoms with Crippen LogP contribution in [0, 0.1) is 6.92 Å². The van der Waals surface area contributed by atoms with Crippen LogP contribution in [0.1, 0.15) is 50.4 Å². The SMILES string of the molecule is Cc1onc(-c2ccccc2)c1C(=O)N1CCC(c2nc(C(=O)NNC(=O)C3CN(C)CCN3C)cs2)CC1. The van der Waals surface area contributed by atoms with Crippen LogP contribution < -0.4 is 10.9 Å². The molecule has 0 aliphatic carbocycles. The maximum absolute atomic E-state index is 13.4. The molecule has 206 valence electrons. The molecule has 5 rings (SSSR count). The fourth-order valence-corrected chi connectivity index (χ4v) is 6.01.